The predicted octanol–water partition coefficient (Wildman–Crippen LogP) is 1.44. The number of nitrogens with two attached hydrogens (primary N) is 1. The van der Waals surface area contributed by atoms with Crippen molar-refractivity contribution in [3.05, 3.63) is 18.3 Å². The van der Waals surface area contributed by atoms with E-state index in [0.717, 1.165) is 24.6 Å². The van der Waals surface area contributed by atoms with Crippen LogP contribution in [0.25, 0.3) is 0 Å². The van der Waals surface area contributed by atoms with E-state index in [-0.39, 0.29) is 0 Å². The fourth-order valence-electron chi connectivity index (χ4n) is 1.95. The van der Waals surface area contributed by atoms with E-state index in [9.17, 15) is 0 Å². The fourth-order valence-corrected chi connectivity index (χ4v) is 1.95. The van der Waals surface area contributed by atoms with Gasteiger partial charge in [-0.25, -0.2) is 4.98 Å². The van der Waals surface area contributed by atoms with Crippen LogP contribution in [0.4, 0.5) is 11.5 Å². The average molecular weight is 222 g/mol. The number of anilines is 2. The van der Waals surface area contributed by atoms with Crippen LogP contribution in [0.5, 0.6) is 0 Å². The lowest BCUT2D eigenvalue weighted by atomic mass is 10.2. The highest BCUT2D eigenvalue weighted by atomic mass is 15.2. The molecule has 1 atom stereocenters. The van der Waals surface area contributed by atoms with Crippen LogP contribution < -0.4 is 10.6 Å². The molecule has 1 aromatic heterocycles. The van der Waals surface area contributed by atoms with Crippen LogP contribution in [0.3, 0.4) is 0 Å². The number of nitrogens with zero attached hydrogens (tertiary/aromatic N) is 3. The van der Waals surface area contributed by atoms with E-state index in [4.69, 9.17) is 5.73 Å². The van der Waals surface area contributed by atoms with Crippen LogP contribution in [0, 0.1) is 0 Å². The van der Waals surface area contributed by atoms with Gasteiger partial charge in [-0.3, -0.25) is 0 Å². The zero-order valence-corrected chi connectivity index (χ0v) is 10.6. The molecule has 0 saturated heterocycles. The number of hydrogen-bond acceptors (Lipinski definition) is 4. The molecule has 0 spiro atoms. The van der Waals surface area contributed by atoms with E-state index in [1.165, 1.54) is 0 Å². The van der Waals surface area contributed by atoms with E-state index in [0.29, 0.717) is 6.04 Å². The maximum Gasteiger partial charge on any atom is 0.152 e. The van der Waals surface area contributed by atoms with Crippen molar-refractivity contribution in [2.24, 2.45) is 0 Å². The van der Waals surface area contributed by atoms with Crippen LogP contribution in [0.15, 0.2) is 18.3 Å². The Balaban J connectivity index is 2.86. The molecule has 16 heavy (non-hydrogen) atoms. The Bertz CT molecular complexity index is 325. The van der Waals surface area contributed by atoms with E-state index < -0.39 is 0 Å². The number of nitrogen functional groups attached to an aromatic ring is 1. The summed E-state index contributed by atoms with van der Waals surface area (Å²) in [6.45, 7) is 6.22. The Morgan fingerprint density at radius 3 is 2.62 bits per heavy atom. The third kappa shape index (κ3) is 3.10. The molecule has 4 heteroatoms. The van der Waals surface area contributed by atoms with Gasteiger partial charge < -0.3 is 15.5 Å². The van der Waals surface area contributed by atoms with Crippen molar-refractivity contribution < 1.29 is 0 Å². The van der Waals surface area contributed by atoms with Gasteiger partial charge in [-0.05, 0) is 40.1 Å². The molecule has 0 amide bonds. The topological polar surface area (TPSA) is 45.4 Å². The molecule has 1 aromatic rings. The fraction of sp³-hybridized carbons (Fsp3) is 0.583. The molecule has 0 saturated carbocycles. The zero-order chi connectivity index (χ0) is 12.1. The van der Waals surface area contributed by atoms with E-state index in [1.54, 1.807) is 6.20 Å². The zero-order valence-electron chi connectivity index (χ0n) is 10.6. The van der Waals surface area contributed by atoms with Gasteiger partial charge in [0, 0.05) is 25.3 Å². The van der Waals surface area contributed by atoms with Gasteiger partial charge in [0.1, 0.15) is 0 Å². The maximum absolute atomic E-state index is 5.95. The molecule has 0 aliphatic heterocycles. The minimum Gasteiger partial charge on any atom is -0.396 e. The molecule has 0 fully saturated rings. The first kappa shape index (κ1) is 12.8. The van der Waals surface area contributed by atoms with E-state index >= 15 is 0 Å². The highest BCUT2D eigenvalue weighted by Gasteiger charge is 2.16. The molecule has 4 nitrogen and oxygen atoms in total. The van der Waals surface area contributed by atoms with Gasteiger partial charge in [-0.2, -0.15) is 0 Å². The summed E-state index contributed by atoms with van der Waals surface area (Å²) in [7, 11) is 4.15. The highest BCUT2D eigenvalue weighted by molar-refractivity contribution is 5.62. The third-order valence-electron chi connectivity index (χ3n) is 2.59. The van der Waals surface area contributed by atoms with Crippen LogP contribution in [-0.2, 0) is 0 Å². The first-order valence-corrected chi connectivity index (χ1v) is 5.68. The molecule has 0 aromatic carbocycles. The Kier molecular flexibility index (Phi) is 4.55. The van der Waals surface area contributed by atoms with Crippen molar-refractivity contribution >= 4 is 11.5 Å². The molecule has 90 valence electrons. The Labute approximate surface area is 98.1 Å². The second-order valence-corrected chi connectivity index (χ2v) is 4.31. The monoisotopic (exact) mass is 222 g/mol. The molecule has 1 rings (SSSR count). The lowest BCUT2D eigenvalue weighted by molar-refractivity contribution is 0.372. The van der Waals surface area contributed by atoms with Gasteiger partial charge >= 0.3 is 0 Å². The normalized spacial score (nSPS) is 12.8. The summed E-state index contributed by atoms with van der Waals surface area (Å²) in [5.41, 5.74) is 6.69. The Hall–Kier alpha value is -1.29. The van der Waals surface area contributed by atoms with Crippen LogP contribution in [0.2, 0.25) is 0 Å². The maximum atomic E-state index is 5.95. The van der Waals surface area contributed by atoms with Crippen molar-refractivity contribution in [1.82, 2.24) is 9.88 Å². The molecular weight excluding hydrogens is 200 g/mol. The first-order chi connectivity index (χ1) is 7.56. The summed E-state index contributed by atoms with van der Waals surface area (Å²) in [4.78, 5) is 8.76. The van der Waals surface area contributed by atoms with Crippen molar-refractivity contribution in [1.29, 1.82) is 0 Å². The summed E-state index contributed by atoms with van der Waals surface area (Å²) in [6, 6.07) is 4.16. The number of hydrogen-bond donors (Lipinski definition) is 1. The van der Waals surface area contributed by atoms with Gasteiger partial charge in [0.15, 0.2) is 5.82 Å². The summed E-state index contributed by atoms with van der Waals surface area (Å²) in [5, 5.41) is 0. The second kappa shape index (κ2) is 5.70. The Morgan fingerprint density at radius 1 is 1.44 bits per heavy atom. The highest BCUT2D eigenvalue weighted by Crippen LogP contribution is 2.21. The summed E-state index contributed by atoms with van der Waals surface area (Å²) < 4.78 is 0. The Morgan fingerprint density at radius 2 is 2.12 bits per heavy atom. The van der Waals surface area contributed by atoms with Crippen molar-refractivity contribution in [2.75, 3.05) is 37.8 Å². The van der Waals surface area contributed by atoms with Crippen LogP contribution in [0.1, 0.15) is 13.8 Å². The molecular formula is C12H22N4. The number of pyridine rings is 1. The molecule has 0 radical (unpaired) electrons. The molecule has 0 aliphatic carbocycles. The third-order valence-corrected chi connectivity index (χ3v) is 2.59. The lowest BCUT2D eigenvalue weighted by Gasteiger charge is -2.31. The van der Waals surface area contributed by atoms with Gasteiger partial charge in [0.05, 0.1) is 5.69 Å². The molecule has 2 N–H and O–H groups in total. The lowest BCUT2D eigenvalue weighted by Crippen LogP contribution is -2.40. The molecule has 0 aliphatic rings. The minimum absolute atomic E-state index is 0.400. The average Bonchev–Trinajstić information content (AvgIpc) is 2.20. The van der Waals surface area contributed by atoms with Crippen LogP contribution in [-0.4, -0.2) is 43.1 Å². The SMILES string of the molecule is CCN(c1ncccc1N)C(C)CN(C)C. The van der Waals surface area contributed by atoms with Gasteiger partial charge in [-0.15, -0.1) is 0 Å². The van der Waals surface area contributed by atoms with Crippen molar-refractivity contribution in [3.8, 4) is 0 Å². The summed E-state index contributed by atoms with van der Waals surface area (Å²) >= 11 is 0. The van der Waals surface area contributed by atoms with E-state index in [2.05, 4.69) is 42.7 Å². The van der Waals surface area contributed by atoms with Gasteiger partial charge in [0.25, 0.3) is 0 Å². The van der Waals surface area contributed by atoms with Gasteiger partial charge in [0.2, 0.25) is 0 Å². The van der Waals surface area contributed by atoms with Gasteiger partial charge in [-0.1, -0.05) is 0 Å². The smallest absolute Gasteiger partial charge is 0.152 e. The van der Waals surface area contributed by atoms with E-state index in [1.807, 2.05) is 12.1 Å². The van der Waals surface area contributed by atoms with Crippen LogP contribution >= 0.6 is 0 Å². The quantitative estimate of drug-likeness (QED) is 0.819. The summed E-state index contributed by atoms with van der Waals surface area (Å²) in [6.07, 6.45) is 1.79. The molecule has 1 heterocycles. The minimum atomic E-state index is 0.400. The largest absolute Gasteiger partial charge is 0.396 e. The summed E-state index contributed by atoms with van der Waals surface area (Å²) in [5.74, 6) is 0.888. The second-order valence-electron chi connectivity index (χ2n) is 4.31. The first-order valence-electron chi connectivity index (χ1n) is 5.68. The standard InChI is InChI=1S/C12H22N4/c1-5-16(10(2)9-15(3)4)12-11(13)7-6-8-14-12/h6-8,10H,5,9,13H2,1-4H3. The predicted molar refractivity (Wildman–Crippen MR) is 69.7 cm³/mol. The number of rotatable bonds is 5. The molecule has 1 unspecified atom stereocenters. The number of aromatic nitrogens is 1. The van der Waals surface area contributed by atoms with Crippen molar-refractivity contribution in [3.63, 3.8) is 0 Å². The molecule has 0 bridgehead atoms. The van der Waals surface area contributed by atoms with Crippen molar-refractivity contribution in [2.45, 2.75) is 19.9 Å². The number of likely N-dealkylation sites (N-methyl/N-ethyl adjacent to an activating group) is 2.